The van der Waals surface area contributed by atoms with Crippen molar-refractivity contribution in [3.8, 4) is 11.4 Å². The van der Waals surface area contributed by atoms with Gasteiger partial charge in [-0.25, -0.2) is 9.59 Å². The van der Waals surface area contributed by atoms with Gasteiger partial charge in [0.15, 0.2) is 41.0 Å². The van der Waals surface area contributed by atoms with Gasteiger partial charge in [-0.2, -0.15) is 0 Å². The van der Waals surface area contributed by atoms with Gasteiger partial charge in [0.25, 0.3) is 11.8 Å². The summed E-state index contributed by atoms with van der Waals surface area (Å²) in [5.74, 6) is -2.41. The first-order chi connectivity index (χ1) is 16.4. The number of anilines is 2. The minimum absolute atomic E-state index is 0.100. The summed E-state index contributed by atoms with van der Waals surface area (Å²) in [6.45, 7) is 0.314. The average molecular weight is 580 g/mol. The van der Waals surface area contributed by atoms with Crippen LogP contribution in [0.3, 0.4) is 0 Å². The molecule has 0 unspecified atom stereocenters. The van der Waals surface area contributed by atoms with E-state index in [0.717, 1.165) is 0 Å². The van der Waals surface area contributed by atoms with Crippen LogP contribution in [0.15, 0.2) is 57.8 Å². The minimum Gasteiger partial charge on any atom is -0.391 e. The molecule has 4 rings (SSSR count). The highest BCUT2D eigenvalue weighted by Crippen LogP contribution is 2.23. The molecular formula is C21H17IN4O8. The Morgan fingerprint density at radius 1 is 1.18 bits per heavy atom. The molecule has 2 aromatic carbocycles. The predicted octanol–water partition coefficient (Wildman–Crippen LogP) is 1.27. The maximum atomic E-state index is 12.9. The molecule has 1 aromatic heterocycles. The Balaban J connectivity index is 1.42. The van der Waals surface area contributed by atoms with E-state index in [9.17, 15) is 24.3 Å². The van der Waals surface area contributed by atoms with Crippen LogP contribution in [0.2, 0.25) is 0 Å². The van der Waals surface area contributed by atoms with Gasteiger partial charge in [-0.15, -0.1) is 0 Å². The van der Waals surface area contributed by atoms with E-state index in [1.165, 1.54) is 52.2 Å². The number of nitrogens with one attached hydrogen (secondary N) is 2. The Morgan fingerprint density at radius 2 is 1.88 bits per heavy atom. The largest absolute Gasteiger partial charge is 0.439 e. The van der Waals surface area contributed by atoms with E-state index in [-0.39, 0.29) is 19.0 Å². The molecule has 0 spiro atoms. The molecule has 1 aliphatic rings. The summed E-state index contributed by atoms with van der Waals surface area (Å²) >= 11 is 1.49. The number of morpholine rings is 1. The Hall–Kier alpha value is -3.56. The fourth-order valence-corrected chi connectivity index (χ4v) is 3.58. The molecule has 1 saturated heterocycles. The van der Waals surface area contributed by atoms with Crippen LogP contribution in [0.1, 0.15) is 10.4 Å². The predicted molar refractivity (Wildman–Crippen MR) is 125 cm³/mol. The molecule has 3 aromatic rings. The number of hydrogen-bond donors (Lipinski definition) is 3. The molecule has 12 nitrogen and oxygen atoms in total. The number of nitrogens with zero attached hydrogens (tertiary/aromatic N) is 2. The number of H-pyrrole nitrogens is 1. The molecule has 34 heavy (non-hydrogen) atoms. The fraction of sp³-hybridized carbons (Fsp3) is 0.190. The van der Waals surface area contributed by atoms with Crippen molar-refractivity contribution in [3.63, 3.8) is 0 Å². The van der Waals surface area contributed by atoms with E-state index in [1.807, 2.05) is 0 Å². The van der Waals surface area contributed by atoms with Crippen LogP contribution in [-0.4, -0.2) is 58.4 Å². The third-order valence-corrected chi connectivity index (χ3v) is 5.43. The second kappa shape index (κ2) is 10.1. The van der Waals surface area contributed by atoms with E-state index in [2.05, 4.69) is 23.0 Å². The zero-order chi connectivity index (χ0) is 24.2. The molecule has 0 radical (unpaired) electrons. The van der Waals surface area contributed by atoms with Crippen molar-refractivity contribution >= 4 is 52.2 Å². The lowest BCUT2D eigenvalue weighted by molar-refractivity contribution is -0.150. The van der Waals surface area contributed by atoms with E-state index < -0.39 is 35.7 Å². The van der Waals surface area contributed by atoms with Crippen LogP contribution in [0.25, 0.3) is 11.4 Å². The number of ether oxygens (including phenoxy) is 1. The summed E-state index contributed by atoms with van der Waals surface area (Å²) in [5, 5.41) is 16.6. The van der Waals surface area contributed by atoms with Crippen LogP contribution in [0.5, 0.6) is 0 Å². The van der Waals surface area contributed by atoms with Gasteiger partial charge in [0.1, 0.15) is 0 Å². The number of carbonyl (C=O) groups is 3. The fourth-order valence-electron chi connectivity index (χ4n) is 3.33. The third-order valence-electron chi connectivity index (χ3n) is 5.03. The number of aromatic amines is 1. The van der Waals surface area contributed by atoms with Crippen molar-refractivity contribution in [2.45, 2.75) is 12.2 Å². The molecule has 2 amide bonds. The molecular weight excluding hydrogens is 563 g/mol. The molecule has 2 atom stereocenters. The molecule has 13 heteroatoms. The van der Waals surface area contributed by atoms with Gasteiger partial charge in [0.05, 0.1) is 12.2 Å². The van der Waals surface area contributed by atoms with Crippen LogP contribution in [0, 0.1) is 0 Å². The van der Waals surface area contributed by atoms with E-state index in [0.29, 0.717) is 22.5 Å². The summed E-state index contributed by atoms with van der Waals surface area (Å²) in [4.78, 5) is 51.9. The lowest BCUT2D eigenvalue weighted by Gasteiger charge is -2.34. The van der Waals surface area contributed by atoms with E-state index in [4.69, 9.17) is 4.74 Å². The number of aliphatic hydroxyl groups excluding tert-OH is 1. The van der Waals surface area contributed by atoms with Gasteiger partial charge in [0.2, 0.25) is 0 Å². The summed E-state index contributed by atoms with van der Waals surface area (Å²) in [6.07, 6.45) is -3.18. The normalized spacial score (nSPS) is 16.7. The lowest BCUT2D eigenvalue weighted by atomic mass is 10.1. The van der Waals surface area contributed by atoms with Crippen molar-refractivity contribution in [2.24, 2.45) is 0 Å². The van der Waals surface area contributed by atoms with Crippen molar-refractivity contribution in [1.82, 2.24) is 10.1 Å². The number of aromatic nitrogens is 2. The van der Waals surface area contributed by atoms with Gasteiger partial charge in [-0.3, -0.25) is 19.1 Å². The summed E-state index contributed by atoms with van der Waals surface area (Å²) < 4.78 is 14.5. The van der Waals surface area contributed by atoms with Gasteiger partial charge < -0.3 is 23.1 Å². The maximum Gasteiger partial charge on any atom is 0.439 e. The van der Waals surface area contributed by atoms with E-state index in [1.54, 1.807) is 24.3 Å². The van der Waals surface area contributed by atoms with Gasteiger partial charge >= 0.3 is 11.7 Å². The number of amides is 2. The average Bonchev–Trinajstić information content (AvgIpc) is 3.30. The first-order valence-electron chi connectivity index (χ1n) is 9.88. The zero-order valence-corrected chi connectivity index (χ0v) is 19.4. The highest BCUT2D eigenvalue weighted by atomic mass is 127. The molecule has 176 valence electrons. The molecule has 1 aliphatic heterocycles. The number of aliphatic hydroxyl groups is 1. The molecule has 1 fully saturated rings. The Morgan fingerprint density at radius 3 is 2.50 bits per heavy atom. The van der Waals surface area contributed by atoms with Crippen LogP contribution < -0.4 is 16.0 Å². The lowest BCUT2D eigenvalue weighted by Crippen LogP contribution is -2.55. The quantitative estimate of drug-likeness (QED) is 0.365. The highest BCUT2D eigenvalue weighted by molar-refractivity contribution is 14.1. The molecule has 0 aliphatic carbocycles. The number of halogens is 1. The number of hydrogen-bond acceptors (Lipinski definition) is 9. The maximum absolute atomic E-state index is 12.9. The smallest absolute Gasteiger partial charge is 0.391 e. The van der Waals surface area contributed by atoms with Crippen LogP contribution >= 0.6 is 23.0 Å². The topological polar surface area (TPSA) is 164 Å². The van der Waals surface area contributed by atoms with Crippen molar-refractivity contribution in [2.75, 3.05) is 23.4 Å². The van der Waals surface area contributed by atoms with Crippen LogP contribution in [-0.2, 0) is 17.4 Å². The Kier molecular flexibility index (Phi) is 7.04. The number of rotatable bonds is 6. The minimum atomic E-state index is -1.77. The van der Waals surface area contributed by atoms with E-state index >= 15 is 0 Å². The second-order valence-electron chi connectivity index (χ2n) is 7.15. The van der Waals surface area contributed by atoms with Gasteiger partial charge in [0, 0.05) is 23.5 Å². The van der Waals surface area contributed by atoms with Gasteiger partial charge in [-0.05, 0) is 48.5 Å². The van der Waals surface area contributed by atoms with Crippen molar-refractivity contribution < 1.29 is 31.8 Å². The monoisotopic (exact) mass is 580 g/mol. The highest BCUT2D eigenvalue weighted by Gasteiger charge is 2.39. The van der Waals surface area contributed by atoms with Gasteiger partial charge in [-0.1, -0.05) is 5.16 Å². The first-order valence-corrected chi connectivity index (χ1v) is 10.8. The molecule has 0 bridgehead atoms. The molecule has 2 heterocycles. The number of carbonyl (C=O) groups excluding carboxylic acids is 3. The molecule has 0 saturated carbocycles. The number of benzene rings is 2. The Labute approximate surface area is 205 Å². The second-order valence-corrected chi connectivity index (χ2v) is 7.59. The summed E-state index contributed by atoms with van der Waals surface area (Å²) in [7, 11) is 0. The third kappa shape index (κ3) is 5.00. The van der Waals surface area contributed by atoms with Crippen molar-refractivity contribution in [3.05, 3.63) is 64.6 Å². The molecule has 3 N–H and O–H groups in total. The Bertz CT molecular complexity index is 1250. The van der Waals surface area contributed by atoms with Crippen LogP contribution in [0.4, 0.5) is 11.4 Å². The summed E-state index contributed by atoms with van der Waals surface area (Å²) in [5.41, 5.74) is 1.69. The van der Waals surface area contributed by atoms with Crippen molar-refractivity contribution in [1.29, 1.82) is 0 Å². The first kappa shape index (κ1) is 23.6. The standard InChI is InChI=1S/C21H17IN4O8/c22-33-20(30)12-3-7-14(8-4-12)26-9-10-32-16(19(26)29)15(27)18(28)23-13-5-1-11(2-6-13)17-24-21(31)34-25-17/h1-8,15-16,27H,9-10H2,(H,23,28)(H,24,25,31)/t15-,16-/m1/s1. The zero-order valence-electron chi connectivity index (χ0n) is 17.3. The summed E-state index contributed by atoms with van der Waals surface area (Å²) in [6, 6.07) is 12.4. The SMILES string of the molecule is O=C(OI)c1ccc(N2CCO[C@H]([C@@H](O)C(=O)Nc3ccc(-c4noc(=O)[nH]4)cc3)C2=O)cc1.